The molecule has 3 rings (SSSR count). The van der Waals surface area contributed by atoms with Crippen LogP contribution in [0.15, 0.2) is 36.4 Å². The first-order valence-corrected chi connectivity index (χ1v) is 7.17. The molecule has 0 saturated heterocycles. The fourth-order valence-electron chi connectivity index (χ4n) is 3.04. The van der Waals surface area contributed by atoms with Gasteiger partial charge in [-0.15, -0.1) is 0 Å². The van der Waals surface area contributed by atoms with E-state index in [2.05, 4.69) is 6.07 Å². The van der Waals surface area contributed by atoms with Gasteiger partial charge in [-0.1, -0.05) is 36.4 Å². The molecular weight excluding hydrogens is 248 g/mol. The van der Waals surface area contributed by atoms with Gasteiger partial charge in [-0.3, -0.25) is 0 Å². The first kappa shape index (κ1) is 13.2. The summed E-state index contributed by atoms with van der Waals surface area (Å²) in [6, 6.07) is 12.2. The third-order valence-corrected chi connectivity index (χ3v) is 4.07. The van der Waals surface area contributed by atoms with E-state index in [0.717, 1.165) is 47.5 Å². The smallest absolute Gasteiger partial charge is 0.128 e. The summed E-state index contributed by atoms with van der Waals surface area (Å²) in [6.45, 7) is 4.83. The maximum Gasteiger partial charge on any atom is 0.128 e. The van der Waals surface area contributed by atoms with Crippen LogP contribution < -0.4 is 4.74 Å². The number of hydrogen-bond donors (Lipinski definition) is 1. The summed E-state index contributed by atoms with van der Waals surface area (Å²) < 4.78 is 5.82. The fourth-order valence-corrected chi connectivity index (χ4v) is 3.04. The van der Waals surface area contributed by atoms with Crippen molar-refractivity contribution >= 4 is 0 Å². The van der Waals surface area contributed by atoms with Crippen LogP contribution in [0.3, 0.4) is 0 Å². The third kappa shape index (κ3) is 2.20. The second-order valence-corrected chi connectivity index (χ2v) is 5.50. The molecule has 0 amide bonds. The van der Waals surface area contributed by atoms with Gasteiger partial charge in [0.05, 0.1) is 6.61 Å². The summed E-state index contributed by atoms with van der Waals surface area (Å²) in [5.74, 6) is 0.883. The molecule has 1 unspecified atom stereocenters. The molecule has 0 aromatic heterocycles. The molecule has 104 valence electrons. The van der Waals surface area contributed by atoms with E-state index in [1.165, 1.54) is 5.56 Å². The molecule has 0 saturated carbocycles. The second-order valence-electron chi connectivity index (χ2n) is 5.50. The summed E-state index contributed by atoms with van der Waals surface area (Å²) in [5.41, 5.74) is 5.32. The lowest BCUT2D eigenvalue weighted by atomic mass is 9.91. The molecule has 2 heteroatoms. The van der Waals surface area contributed by atoms with Crippen LogP contribution in [-0.2, 0) is 6.42 Å². The maximum absolute atomic E-state index is 10.8. The van der Waals surface area contributed by atoms with E-state index in [9.17, 15) is 5.11 Å². The predicted octanol–water partition coefficient (Wildman–Crippen LogP) is 3.71. The number of aryl methyl sites for hydroxylation is 3. The van der Waals surface area contributed by atoms with Crippen LogP contribution in [0, 0.1) is 13.8 Å². The molecule has 2 nitrogen and oxygen atoms in total. The largest absolute Gasteiger partial charge is 0.493 e. The highest BCUT2D eigenvalue weighted by Gasteiger charge is 2.22. The first-order chi connectivity index (χ1) is 9.68. The van der Waals surface area contributed by atoms with E-state index >= 15 is 0 Å². The zero-order chi connectivity index (χ0) is 14.1. The Balaban J connectivity index is 2.09. The Morgan fingerprint density at radius 2 is 1.75 bits per heavy atom. The van der Waals surface area contributed by atoms with Gasteiger partial charge in [0.1, 0.15) is 11.9 Å². The number of rotatable bonds is 2. The number of aliphatic hydroxyl groups excluding tert-OH is 1. The predicted molar refractivity (Wildman–Crippen MR) is 80.2 cm³/mol. The number of fused-ring (bicyclic) bond motifs is 1. The molecule has 0 aliphatic carbocycles. The minimum absolute atomic E-state index is 0.621. The van der Waals surface area contributed by atoms with Crippen molar-refractivity contribution in [3.8, 4) is 5.75 Å². The molecule has 1 atom stereocenters. The number of aliphatic hydroxyl groups is 1. The van der Waals surface area contributed by atoms with Crippen LogP contribution in [0.4, 0.5) is 0 Å². The van der Waals surface area contributed by atoms with E-state index < -0.39 is 6.10 Å². The van der Waals surface area contributed by atoms with Crippen molar-refractivity contribution in [2.24, 2.45) is 0 Å². The van der Waals surface area contributed by atoms with Crippen molar-refractivity contribution in [1.82, 2.24) is 0 Å². The average Bonchev–Trinajstić information content (AvgIpc) is 2.46. The van der Waals surface area contributed by atoms with Gasteiger partial charge in [0, 0.05) is 5.56 Å². The molecule has 2 aromatic carbocycles. The van der Waals surface area contributed by atoms with Gasteiger partial charge in [-0.2, -0.15) is 0 Å². The number of hydrogen-bond acceptors (Lipinski definition) is 2. The summed E-state index contributed by atoms with van der Waals surface area (Å²) in [5, 5.41) is 10.8. The highest BCUT2D eigenvalue weighted by atomic mass is 16.5. The van der Waals surface area contributed by atoms with Gasteiger partial charge < -0.3 is 9.84 Å². The zero-order valence-electron chi connectivity index (χ0n) is 12.0. The minimum Gasteiger partial charge on any atom is -0.493 e. The van der Waals surface area contributed by atoms with Crippen LogP contribution in [0.5, 0.6) is 5.75 Å². The lowest BCUT2D eigenvalue weighted by molar-refractivity contribution is 0.205. The summed E-state index contributed by atoms with van der Waals surface area (Å²) in [7, 11) is 0. The molecule has 1 aliphatic rings. The second kappa shape index (κ2) is 5.29. The molecule has 1 N–H and O–H groups in total. The lowest BCUT2D eigenvalue weighted by Crippen LogP contribution is -2.13. The monoisotopic (exact) mass is 268 g/mol. The van der Waals surface area contributed by atoms with Gasteiger partial charge in [0.15, 0.2) is 0 Å². The number of para-hydroxylation sites is 1. The summed E-state index contributed by atoms with van der Waals surface area (Å²) in [6.07, 6.45) is 1.46. The van der Waals surface area contributed by atoms with Gasteiger partial charge in [0.25, 0.3) is 0 Å². The van der Waals surface area contributed by atoms with Crippen LogP contribution in [-0.4, -0.2) is 11.7 Å². The van der Waals surface area contributed by atoms with Gasteiger partial charge in [-0.05, 0) is 48.9 Å². The van der Waals surface area contributed by atoms with E-state index in [1.54, 1.807) is 0 Å². The Morgan fingerprint density at radius 3 is 2.50 bits per heavy atom. The Labute approximate surface area is 120 Å². The van der Waals surface area contributed by atoms with Crippen molar-refractivity contribution in [3.63, 3.8) is 0 Å². The standard InChI is InChI=1S/C18H20O2/c1-12-6-3-7-13(2)16(12)17(19)15-10-4-8-14-9-5-11-20-18(14)15/h3-4,6-8,10,17,19H,5,9,11H2,1-2H3. The van der Waals surface area contributed by atoms with Gasteiger partial charge in [0.2, 0.25) is 0 Å². The fraction of sp³-hybridized carbons (Fsp3) is 0.333. The van der Waals surface area contributed by atoms with Gasteiger partial charge >= 0.3 is 0 Å². The Kier molecular flexibility index (Phi) is 3.49. The molecule has 1 aliphatic heterocycles. The van der Waals surface area contributed by atoms with Crippen LogP contribution in [0.1, 0.15) is 40.3 Å². The molecule has 0 radical (unpaired) electrons. The summed E-state index contributed by atoms with van der Waals surface area (Å²) in [4.78, 5) is 0. The first-order valence-electron chi connectivity index (χ1n) is 7.17. The van der Waals surface area contributed by atoms with Gasteiger partial charge in [-0.25, -0.2) is 0 Å². The van der Waals surface area contributed by atoms with Crippen molar-refractivity contribution in [2.45, 2.75) is 32.8 Å². The van der Waals surface area contributed by atoms with E-state index in [4.69, 9.17) is 4.74 Å². The molecule has 2 aromatic rings. The van der Waals surface area contributed by atoms with Crippen LogP contribution in [0.25, 0.3) is 0 Å². The maximum atomic E-state index is 10.8. The van der Waals surface area contributed by atoms with E-state index in [1.807, 2.05) is 44.2 Å². The van der Waals surface area contributed by atoms with Crippen LogP contribution in [0.2, 0.25) is 0 Å². The molecule has 0 bridgehead atoms. The van der Waals surface area contributed by atoms with Crippen molar-refractivity contribution in [1.29, 1.82) is 0 Å². The Bertz CT molecular complexity index is 611. The molecule has 1 heterocycles. The topological polar surface area (TPSA) is 29.5 Å². The normalized spacial score (nSPS) is 15.3. The number of ether oxygens (including phenoxy) is 1. The van der Waals surface area contributed by atoms with Crippen molar-refractivity contribution in [2.75, 3.05) is 6.61 Å². The van der Waals surface area contributed by atoms with Crippen LogP contribution >= 0.6 is 0 Å². The molecule has 0 spiro atoms. The zero-order valence-corrected chi connectivity index (χ0v) is 12.0. The van der Waals surface area contributed by atoms with E-state index in [0.29, 0.717) is 0 Å². The molecule has 0 fully saturated rings. The van der Waals surface area contributed by atoms with Crippen molar-refractivity contribution in [3.05, 3.63) is 64.2 Å². The SMILES string of the molecule is Cc1cccc(C)c1C(O)c1cccc2c1OCCC2. The Hall–Kier alpha value is -1.80. The molecule has 20 heavy (non-hydrogen) atoms. The van der Waals surface area contributed by atoms with Crippen molar-refractivity contribution < 1.29 is 9.84 Å². The highest BCUT2D eigenvalue weighted by molar-refractivity contribution is 5.49. The van der Waals surface area contributed by atoms with E-state index in [-0.39, 0.29) is 0 Å². The lowest BCUT2D eigenvalue weighted by Gasteiger charge is -2.24. The minimum atomic E-state index is -0.621. The quantitative estimate of drug-likeness (QED) is 0.899. The number of benzene rings is 2. The average molecular weight is 268 g/mol. The molecular formula is C18H20O2. The Morgan fingerprint density at radius 1 is 1.05 bits per heavy atom. The summed E-state index contributed by atoms with van der Waals surface area (Å²) >= 11 is 0. The third-order valence-electron chi connectivity index (χ3n) is 4.07. The highest BCUT2D eigenvalue weighted by Crippen LogP contribution is 2.37.